The third-order valence-electron chi connectivity index (χ3n) is 2.31. The minimum absolute atomic E-state index is 0.138. The zero-order valence-electron chi connectivity index (χ0n) is 9.47. The van der Waals surface area contributed by atoms with E-state index in [0.29, 0.717) is 11.4 Å². The van der Waals surface area contributed by atoms with Crippen molar-refractivity contribution >= 4 is 23.0 Å². The van der Waals surface area contributed by atoms with E-state index in [4.69, 9.17) is 22.1 Å². The highest BCUT2D eigenvalue weighted by atomic mass is 35.5. The van der Waals surface area contributed by atoms with Gasteiger partial charge in [0, 0.05) is 11.8 Å². The molecule has 2 aromatic rings. The maximum Gasteiger partial charge on any atom is 0.314 e. The van der Waals surface area contributed by atoms with Gasteiger partial charge >= 0.3 is 5.69 Å². The average molecular weight is 283 g/mol. The Morgan fingerprint density at radius 3 is 2.47 bits per heavy atom. The molecule has 0 atom stereocenters. The van der Waals surface area contributed by atoms with Crippen molar-refractivity contribution in [2.45, 2.75) is 0 Å². The van der Waals surface area contributed by atoms with E-state index in [1.54, 1.807) is 12.1 Å². The number of nitrogens with two attached hydrogens (primary N) is 1. The molecule has 98 valence electrons. The van der Waals surface area contributed by atoms with Crippen LogP contribution in [0.2, 0.25) is 5.02 Å². The van der Waals surface area contributed by atoms with Crippen molar-refractivity contribution in [3.05, 3.63) is 57.4 Å². The monoisotopic (exact) mass is 282 g/mol. The minimum Gasteiger partial charge on any atom is -0.450 e. The van der Waals surface area contributed by atoms with Crippen LogP contribution >= 0.6 is 11.6 Å². The summed E-state index contributed by atoms with van der Waals surface area (Å²) in [6, 6.07) is 8.01. The molecule has 0 amide bonds. The number of hydrogen-bond donors (Lipinski definition) is 1. The summed E-state index contributed by atoms with van der Waals surface area (Å²) in [5.41, 5.74) is 5.53. The minimum atomic E-state index is -0.877. The number of nitro benzene ring substituents is 1. The number of anilines is 1. The van der Waals surface area contributed by atoms with E-state index in [0.717, 1.165) is 12.1 Å². The van der Waals surface area contributed by atoms with Gasteiger partial charge in [0.1, 0.15) is 11.6 Å². The van der Waals surface area contributed by atoms with Crippen molar-refractivity contribution in [2.24, 2.45) is 0 Å². The lowest BCUT2D eigenvalue weighted by Gasteiger charge is -2.07. The van der Waals surface area contributed by atoms with E-state index in [9.17, 15) is 14.5 Å². The Bertz CT molecular complexity index is 632. The van der Waals surface area contributed by atoms with Crippen LogP contribution in [0.1, 0.15) is 0 Å². The van der Waals surface area contributed by atoms with Crippen LogP contribution in [0.3, 0.4) is 0 Å². The molecule has 0 spiro atoms. The molecule has 2 rings (SSSR count). The summed E-state index contributed by atoms with van der Waals surface area (Å²) in [6.07, 6.45) is 0. The van der Waals surface area contributed by atoms with Gasteiger partial charge in [-0.3, -0.25) is 10.1 Å². The molecule has 19 heavy (non-hydrogen) atoms. The van der Waals surface area contributed by atoms with E-state index in [-0.39, 0.29) is 10.8 Å². The molecule has 0 saturated carbocycles. The first-order valence-corrected chi connectivity index (χ1v) is 5.52. The van der Waals surface area contributed by atoms with Crippen molar-refractivity contribution in [1.29, 1.82) is 0 Å². The van der Waals surface area contributed by atoms with E-state index in [2.05, 4.69) is 0 Å². The van der Waals surface area contributed by atoms with Gasteiger partial charge in [0.05, 0.1) is 16.0 Å². The Morgan fingerprint density at radius 2 is 1.89 bits per heavy atom. The van der Waals surface area contributed by atoms with Gasteiger partial charge in [-0.25, -0.2) is 4.39 Å². The summed E-state index contributed by atoms with van der Waals surface area (Å²) >= 11 is 5.58. The Hall–Kier alpha value is -2.34. The van der Waals surface area contributed by atoms with E-state index < -0.39 is 16.4 Å². The number of nitrogen functional groups attached to an aromatic ring is 1. The number of rotatable bonds is 3. The van der Waals surface area contributed by atoms with E-state index in [1.807, 2.05) is 0 Å². The molecule has 0 aliphatic rings. The summed E-state index contributed by atoms with van der Waals surface area (Å²) in [5, 5.41) is 10.6. The van der Waals surface area contributed by atoms with Gasteiger partial charge in [-0.05, 0) is 24.3 Å². The highest BCUT2D eigenvalue weighted by molar-refractivity contribution is 6.31. The topological polar surface area (TPSA) is 78.4 Å². The maximum atomic E-state index is 13.2. The quantitative estimate of drug-likeness (QED) is 0.528. The van der Waals surface area contributed by atoms with Gasteiger partial charge in [0.25, 0.3) is 0 Å². The number of nitrogens with zero attached hydrogens (tertiary/aromatic N) is 1. The maximum absolute atomic E-state index is 13.2. The fourth-order valence-corrected chi connectivity index (χ4v) is 1.56. The summed E-state index contributed by atoms with van der Waals surface area (Å²) in [4.78, 5) is 10.1. The molecule has 0 aliphatic carbocycles. The van der Waals surface area contributed by atoms with Crippen LogP contribution in [-0.2, 0) is 0 Å². The lowest BCUT2D eigenvalue weighted by Crippen LogP contribution is -1.95. The molecule has 0 radical (unpaired) electrons. The zero-order valence-corrected chi connectivity index (χ0v) is 10.2. The summed E-state index contributed by atoms with van der Waals surface area (Å²) in [6.45, 7) is 0. The number of nitro groups is 1. The number of benzene rings is 2. The third-order valence-corrected chi connectivity index (χ3v) is 2.60. The second-order valence-electron chi connectivity index (χ2n) is 3.66. The lowest BCUT2D eigenvalue weighted by molar-refractivity contribution is -0.385. The van der Waals surface area contributed by atoms with Crippen LogP contribution in [0.25, 0.3) is 0 Å². The molecule has 0 aliphatic heterocycles. The van der Waals surface area contributed by atoms with Gasteiger partial charge in [-0.2, -0.15) is 0 Å². The number of hydrogen-bond acceptors (Lipinski definition) is 4. The first kappa shape index (κ1) is 13.1. The normalized spacial score (nSPS) is 10.2. The Morgan fingerprint density at radius 1 is 1.26 bits per heavy atom. The van der Waals surface area contributed by atoms with Gasteiger partial charge in [0.15, 0.2) is 0 Å². The Labute approximate surface area is 112 Å². The SMILES string of the molecule is Nc1ccc(Oc2cc(Cl)c(F)cc2[N+](=O)[O-])cc1. The Kier molecular flexibility index (Phi) is 3.52. The smallest absolute Gasteiger partial charge is 0.314 e. The van der Waals surface area contributed by atoms with Crippen molar-refractivity contribution in [1.82, 2.24) is 0 Å². The molecule has 2 aromatic carbocycles. The van der Waals surface area contributed by atoms with Crippen LogP contribution < -0.4 is 10.5 Å². The standard InChI is InChI=1S/C12H8ClFN2O3/c13-9-5-12(11(16(17)18)6-10(9)14)19-8-3-1-7(15)2-4-8/h1-6H,15H2. The van der Waals surface area contributed by atoms with Crippen molar-refractivity contribution in [3.63, 3.8) is 0 Å². The largest absolute Gasteiger partial charge is 0.450 e. The molecule has 0 saturated heterocycles. The first-order valence-electron chi connectivity index (χ1n) is 5.14. The summed E-state index contributed by atoms with van der Waals surface area (Å²) in [7, 11) is 0. The summed E-state index contributed by atoms with van der Waals surface area (Å²) < 4.78 is 18.5. The predicted octanol–water partition coefficient (Wildman–Crippen LogP) is 3.76. The average Bonchev–Trinajstić information content (AvgIpc) is 2.36. The number of ether oxygens (including phenoxy) is 1. The zero-order chi connectivity index (χ0) is 14.0. The van der Waals surface area contributed by atoms with Crippen molar-refractivity contribution in [3.8, 4) is 11.5 Å². The van der Waals surface area contributed by atoms with Crippen molar-refractivity contribution in [2.75, 3.05) is 5.73 Å². The summed E-state index contributed by atoms with van der Waals surface area (Å²) in [5.74, 6) is -0.681. The van der Waals surface area contributed by atoms with Crippen molar-refractivity contribution < 1.29 is 14.1 Å². The van der Waals surface area contributed by atoms with Crippen LogP contribution in [0, 0.1) is 15.9 Å². The van der Waals surface area contributed by atoms with Crippen LogP contribution in [0.5, 0.6) is 11.5 Å². The van der Waals surface area contributed by atoms with E-state index in [1.165, 1.54) is 12.1 Å². The fourth-order valence-electron chi connectivity index (χ4n) is 1.41. The van der Waals surface area contributed by atoms with E-state index >= 15 is 0 Å². The molecule has 0 heterocycles. The molecule has 7 heteroatoms. The molecule has 5 nitrogen and oxygen atoms in total. The lowest BCUT2D eigenvalue weighted by atomic mass is 10.2. The first-order chi connectivity index (χ1) is 8.97. The second-order valence-corrected chi connectivity index (χ2v) is 4.07. The second kappa shape index (κ2) is 5.11. The van der Waals surface area contributed by atoms with Gasteiger partial charge in [-0.1, -0.05) is 11.6 Å². The van der Waals surface area contributed by atoms with Crippen LogP contribution in [0.4, 0.5) is 15.8 Å². The van der Waals surface area contributed by atoms with Crippen LogP contribution in [-0.4, -0.2) is 4.92 Å². The molecule has 0 aromatic heterocycles. The molecule has 0 bridgehead atoms. The number of halogens is 2. The predicted molar refractivity (Wildman–Crippen MR) is 69.0 cm³/mol. The molecular formula is C12H8ClFN2O3. The molecule has 0 fully saturated rings. The fraction of sp³-hybridized carbons (Fsp3) is 0. The van der Waals surface area contributed by atoms with Gasteiger partial charge in [0.2, 0.25) is 5.75 Å². The highest BCUT2D eigenvalue weighted by Gasteiger charge is 2.19. The third kappa shape index (κ3) is 2.92. The van der Waals surface area contributed by atoms with Gasteiger partial charge in [-0.15, -0.1) is 0 Å². The molecular weight excluding hydrogens is 275 g/mol. The van der Waals surface area contributed by atoms with Gasteiger partial charge < -0.3 is 10.5 Å². The highest BCUT2D eigenvalue weighted by Crippen LogP contribution is 2.35. The van der Waals surface area contributed by atoms with Crippen LogP contribution in [0.15, 0.2) is 36.4 Å². The molecule has 2 N–H and O–H groups in total. The Balaban J connectivity index is 2.41. The molecule has 0 unspecified atom stereocenters.